The van der Waals surface area contributed by atoms with Gasteiger partial charge in [0.15, 0.2) is 0 Å². The second-order valence-corrected chi connectivity index (χ2v) is 6.23. The van der Waals surface area contributed by atoms with E-state index in [1.54, 1.807) is 0 Å². The van der Waals surface area contributed by atoms with Crippen LogP contribution in [-0.2, 0) is 6.42 Å². The van der Waals surface area contributed by atoms with Crippen molar-refractivity contribution in [3.63, 3.8) is 0 Å². The molecular weight excluding hydrogens is 248 g/mol. The van der Waals surface area contributed by atoms with Crippen molar-refractivity contribution < 1.29 is 5.11 Å². The summed E-state index contributed by atoms with van der Waals surface area (Å²) in [6, 6.07) is 7.19. The number of phenols is 1. The first-order valence-electron chi connectivity index (χ1n) is 7.95. The topological polar surface area (TPSA) is 26.7 Å². The van der Waals surface area contributed by atoms with Gasteiger partial charge in [0.05, 0.1) is 0 Å². The van der Waals surface area contributed by atoms with Gasteiger partial charge < -0.3 is 10.0 Å². The van der Waals surface area contributed by atoms with Crippen LogP contribution in [-0.4, -0.2) is 47.6 Å². The van der Waals surface area contributed by atoms with Crippen LogP contribution in [0.3, 0.4) is 0 Å². The fourth-order valence-corrected chi connectivity index (χ4v) is 3.93. The second kappa shape index (κ2) is 5.74. The van der Waals surface area contributed by atoms with E-state index in [4.69, 9.17) is 0 Å². The largest absolute Gasteiger partial charge is 0.508 e. The number of aromatic hydroxyl groups is 1. The molecule has 1 aromatic carbocycles. The monoisotopic (exact) mass is 274 g/mol. The molecule has 1 fully saturated rings. The van der Waals surface area contributed by atoms with E-state index >= 15 is 0 Å². The maximum Gasteiger partial charge on any atom is 0.119 e. The van der Waals surface area contributed by atoms with Crippen LogP contribution in [0, 0.1) is 0 Å². The lowest BCUT2D eigenvalue weighted by Crippen LogP contribution is -2.44. The van der Waals surface area contributed by atoms with Gasteiger partial charge in [0, 0.05) is 12.1 Å². The predicted molar refractivity (Wildman–Crippen MR) is 82.1 cm³/mol. The predicted octanol–water partition coefficient (Wildman–Crippen LogP) is 2.80. The van der Waals surface area contributed by atoms with Gasteiger partial charge >= 0.3 is 0 Å². The van der Waals surface area contributed by atoms with Crippen LogP contribution in [0.1, 0.15) is 43.4 Å². The number of rotatable bonds is 3. The number of phenolic OH excluding ortho intramolecular Hbond substituents is 1. The van der Waals surface area contributed by atoms with Crippen LogP contribution in [0.25, 0.3) is 0 Å². The van der Waals surface area contributed by atoms with Crippen molar-refractivity contribution in [3.8, 4) is 5.75 Å². The van der Waals surface area contributed by atoms with E-state index < -0.39 is 0 Å². The summed E-state index contributed by atoms with van der Waals surface area (Å²) < 4.78 is 0. The van der Waals surface area contributed by atoms with E-state index in [-0.39, 0.29) is 0 Å². The molecule has 3 rings (SSSR count). The Balaban J connectivity index is 1.71. The molecule has 20 heavy (non-hydrogen) atoms. The summed E-state index contributed by atoms with van der Waals surface area (Å²) in [5, 5.41) is 9.98. The van der Waals surface area contributed by atoms with E-state index in [1.165, 1.54) is 43.6 Å². The van der Waals surface area contributed by atoms with Gasteiger partial charge in [0.2, 0.25) is 0 Å². The fraction of sp³-hybridized carbons (Fsp3) is 0.647. The summed E-state index contributed by atoms with van der Waals surface area (Å²) in [5.74, 6) is 0.485. The summed E-state index contributed by atoms with van der Waals surface area (Å²) >= 11 is 0. The van der Waals surface area contributed by atoms with E-state index in [0.29, 0.717) is 17.8 Å². The van der Waals surface area contributed by atoms with Gasteiger partial charge in [-0.25, -0.2) is 0 Å². The number of likely N-dealkylation sites (tertiary alicyclic amines) is 1. The lowest BCUT2D eigenvalue weighted by atomic mass is 9.99. The Morgan fingerprint density at radius 3 is 2.70 bits per heavy atom. The van der Waals surface area contributed by atoms with Crippen molar-refractivity contribution in [2.45, 2.75) is 44.7 Å². The van der Waals surface area contributed by atoms with E-state index in [0.717, 1.165) is 12.8 Å². The average molecular weight is 274 g/mol. The first kappa shape index (κ1) is 13.9. The Bertz CT molecular complexity index is 466. The molecule has 1 aliphatic heterocycles. The molecule has 0 amide bonds. The highest BCUT2D eigenvalue weighted by Gasteiger charge is 2.32. The highest BCUT2D eigenvalue weighted by atomic mass is 16.3. The maximum atomic E-state index is 9.98. The van der Waals surface area contributed by atoms with Crippen molar-refractivity contribution in [3.05, 3.63) is 29.3 Å². The maximum absolute atomic E-state index is 9.98. The van der Waals surface area contributed by atoms with Crippen molar-refractivity contribution in [1.29, 1.82) is 0 Å². The van der Waals surface area contributed by atoms with E-state index in [2.05, 4.69) is 29.8 Å². The Kier molecular flexibility index (Phi) is 3.99. The van der Waals surface area contributed by atoms with Crippen LogP contribution in [0.2, 0.25) is 0 Å². The molecule has 3 heteroatoms. The summed E-state index contributed by atoms with van der Waals surface area (Å²) in [6.45, 7) is 5.88. The van der Waals surface area contributed by atoms with Gasteiger partial charge in [-0.05, 0) is 69.6 Å². The summed E-state index contributed by atoms with van der Waals surface area (Å²) in [5.41, 5.74) is 2.53. The number of fused-ring (bicyclic) bond motifs is 1. The van der Waals surface area contributed by atoms with Crippen LogP contribution < -0.4 is 0 Å². The standard InChI is InChI=1S/C17H26N2O/c1-3-19-11-9-13(10-12-19)18(2)16-8-7-15-14(16)5-4-6-17(15)20/h4-6,13,16,20H,3,7-12H2,1-2H3. The molecule has 2 aliphatic rings. The molecule has 0 saturated carbocycles. The van der Waals surface area contributed by atoms with Crippen LogP contribution in [0.5, 0.6) is 5.75 Å². The van der Waals surface area contributed by atoms with Crippen molar-refractivity contribution >= 4 is 0 Å². The summed E-state index contributed by atoms with van der Waals surface area (Å²) in [4.78, 5) is 5.11. The van der Waals surface area contributed by atoms with Gasteiger partial charge in [-0.2, -0.15) is 0 Å². The highest BCUT2D eigenvalue weighted by Crippen LogP contribution is 2.40. The molecule has 0 radical (unpaired) electrons. The molecule has 1 aromatic rings. The fourth-order valence-electron chi connectivity index (χ4n) is 3.93. The van der Waals surface area contributed by atoms with Crippen LogP contribution in [0.4, 0.5) is 0 Å². The normalized spacial score (nSPS) is 24.2. The number of nitrogens with zero attached hydrogens (tertiary/aromatic N) is 2. The second-order valence-electron chi connectivity index (χ2n) is 6.23. The zero-order valence-electron chi connectivity index (χ0n) is 12.7. The molecule has 1 N–H and O–H groups in total. The molecule has 0 spiro atoms. The number of hydrogen-bond donors (Lipinski definition) is 1. The Hall–Kier alpha value is -1.06. The minimum atomic E-state index is 0.485. The molecular formula is C17H26N2O. The Labute approximate surface area is 122 Å². The summed E-state index contributed by atoms with van der Waals surface area (Å²) in [6.07, 6.45) is 4.71. The quantitative estimate of drug-likeness (QED) is 0.918. The summed E-state index contributed by atoms with van der Waals surface area (Å²) in [7, 11) is 2.27. The number of hydrogen-bond acceptors (Lipinski definition) is 3. The molecule has 1 heterocycles. The van der Waals surface area contributed by atoms with Crippen molar-refractivity contribution in [2.75, 3.05) is 26.7 Å². The smallest absolute Gasteiger partial charge is 0.119 e. The molecule has 110 valence electrons. The minimum Gasteiger partial charge on any atom is -0.508 e. The molecule has 1 unspecified atom stereocenters. The third-order valence-electron chi connectivity index (χ3n) is 5.29. The average Bonchev–Trinajstić information content (AvgIpc) is 2.92. The first-order chi connectivity index (χ1) is 9.70. The number of piperidine rings is 1. The molecule has 1 aliphatic carbocycles. The van der Waals surface area contributed by atoms with Crippen molar-refractivity contribution in [1.82, 2.24) is 9.80 Å². The number of benzene rings is 1. The lowest BCUT2D eigenvalue weighted by Gasteiger charge is -2.39. The molecule has 1 atom stereocenters. The third-order valence-corrected chi connectivity index (χ3v) is 5.29. The SMILES string of the molecule is CCN1CCC(N(C)C2CCc3c(O)cccc32)CC1. The molecule has 0 bridgehead atoms. The van der Waals surface area contributed by atoms with Crippen LogP contribution in [0.15, 0.2) is 18.2 Å². The van der Waals surface area contributed by atoms with Gasteiger partial charge in [-0.15, -0.1) is 0 Å². The third kappa shape index (κ3) is 2.45. The van der Waals surface area contributed by atoms with E-state index in [9.17, 15) is 5.11 Å². The zero-order chi connectivity index (χ0) is 14.1. The lowest BCUT2D eigenvalue weighted by molar-refractivity contribution is 0.0984. The van der Waals surface area contributed by atoms with Crippen molar-refractivity contribution in [2.24, 2.45) is 0 Å². The Morgan fingerprint density at radius 2 is 2.00 bits per heavy atom. The van der Waals surface area contributed by atoms with Gasteiger partial charge in [0.1, 0.15) is 5.75 Å². The molecule has 0 aromatic heterocycles. The van der Waals surface area contributed by atoms with E-state index in [1.807, 2.05) is 12.1 Å². The Morgan fingerprint density at radius 1 is 1.25 bits per heavy atom. The molecule has 1 saturated heterocycles. The highest BCUT2D eigenvalue weighted by molar-refractivity contribution is 5.44. The van der Waals surface area contributed by atoms with Gasteiger partial charge in [-0.1, -0.05) is 19.1 Å². The van der Waals surface area contributed by atoms with Gasteiger partial charge in [0.25, 0.3) is 0 Å². The zero-order valence-corrected chi connectivity index (χ0v) is 12.7. The van der Waals surface area contributed by atoms with Gasteiger partial charge in [-0.3, -0.25) is 4.90 Å². The first-order valence-corrected chi connectivity index (χ1v) is 7.95. The molecule has 3 nitrogen and oxygen atoms in total. The van der Waals surface area contributed by atoms with Crippen LogP contribution >= 0.6 is 0 Å². The minimum absolute atomic E-state index is 0.485.